The van der Waals surface area contributed by atoms with Crippen molar-refractivity contribution in [2.75, 3.05) is 25.6 Å². The van der Waals surface area contributed by atoms with Gasteiger partial charge >= 0.3 is 0 Å². The molecule has 96 valence electrons. The number of guanidine groups is 1. The minimum absolute atomic E-state index is 0.713. The zero-order valence-corrected chi connectivity index (χ0v) is 11.3. The molecule has 0 saturated carbocycles. The summed E-state index contributed by atoms with van der Waals surface area (Å²) in [6.45, 7) is 1.67. The summed E-state index contributed by atoms with van der Waals surface area (Å²) in [7, 11) is 1.78. The number of aliphatic imine (C=N–C) groups is 1. The van der Waals surface area contributed by atoms with Crippen LogP contribution >= 0.6 is 11.8 Å². The Kier molecular flexibility index (Phi) is 7.29. The molecular weight excluding hydrogens is 234 g/mol. The van der Waals surface area contributed by atoms with Crippen LogP contribution in [0.25, 0.3) is 0 Å². The quantitative estimate of drug-likeness (QED) is 0.389. The van der Waals surface area contributed by atoms with Gasteiger partial charge in [-0.25, -0.2) is 0 Å². The van der Waals surface area contributed by atoms with E-state index in [0.717, 1.165) is 18.2 Å². The molecule has 6 heteroatoms. The van der Waals surface area contributed by atoms with Gasteiger partial charge in [-0.3, -0.25) is 10.1 Å². The van der Waals surface area contributed by atoms with Crippen molar-refractivity contribution in [2.24, 2.45) is 4.99 Å². The number of aromatic amines is 1. The highest BCUT2D eigenvalue weighted by atomic mass is 32.2. The van der Waals surface area contributed by atoms with Crippen molar-refractivity contribution in [1.29, 1.82) is 0 Å². The van der Waals surface area contributed by atoms with Gasteiger partial charge in [0.2, 0.25) is 0 Å². The molecule has 0 saturated heterocycles. The average Bonchev–Trinajstić information content (AvgIpc) is 2.86. The van der Waals surface area contributed by atoms with Gasteiger partial charge in [-0.1, -0.05) is 0 Å². The molecule has 0 unspecified atom stereocenters. The summed E-state index contributed by atoms with van der Waals surface area (Å²) in [5.41, 5.74) is 1.05. The summed E-state index contributed by atoms with van der Waals surface area (Å²) < 4.78 is 0. The van der Waals surface area contributed by atoms with Crippen molar-refractivity contribution in [3.05, 3.63) is 18.0 Å². The number of unbranched alkanes of at least 4 members (excludes halogenated alkanes) is 1. The van der Waals surface area contributed by atoms with Gasteiger partial charge < -0.3 is 10.6 Å². The summed E-state index contributed by atoms with van der Waals surface area (Å²) in [5, 5.41) is 13.3. The molecule has 17 heavy (non-hydrogen) atoms. The number of nitrogens with one attached hydrogen (secondary N) is 3. The van der Waals surface area contributed by atoms with Crippen molar-refractivity contribution < 1.29 is 0 Å². The first-order chi connectivity index (χ1) is 8.36. The molecular formula is C11H21N5S. The molecule has 1 aromatic rings. The lowest BCUT2D eigenvalue weighted by molar-refractivity contribution is 0.728. The van der Waals surface area contributed by atoms with Crippen LogP contribution in [-0.2, 0) is 6.54 Å². The molecule has 1 heterocycles. The Morgan fingerprint density at radius 2 is 2.35 bits per heavy atom. The first kappa shape index (κ1) is 13.9. The maximum atomic E-state index is 4.16. The first-order valence-corrected chi connectivity index (χ1v) is 7.18. The Bertz CT molecular complexity index is 310. The van der Waals surface area contributed by atoms with Gasteiger partial charge in [-0.15, -0.1) is 0 Å². The molecule has 0 atom stereocenters. The van der Waals surface area contributed by atoms with Crippen LogP contribution in [0.4, 0.5) is 0 Å². The highest BCUT2D eigenvalue weighted by Gasteiger charge is 1.98. The van der Waals surface area contributed by atoms with E-state index in [-0.39, 0.29) is 0 Å². The summed E-state index contributed by atoms with van der Waals surface area (Å²) in [4.78, 5) is 4.16. The molecule has 3 N–H and O–H groups in total. The van der Waals surface area contributed by atoms with Crippen LogP contribution in [0.2, 0.25) is 0 Å². The standard InChI is InChI=1S/C11H21N5S/c1-12-11(13-6-3-4-8-17-2)14-9-10-5-7-15-16-10/h5,7H,3-4,6,8-9H2,1-2H3,(H,15,16)(H2,12,13,14). The summed E-state index contributed by atoms with van der Waals surface area (Å²) >= 11 is 1.89. The third-order valence-electron chi connectivity index (χ3n) is 2.30. The lowest BCUT2D eigenvalue weighted by atomic mass is 10.3. The molecule has 5 nitrogen and oxygen atoms in total. The molecule has 0 radical (unpaired) electrons. The highest BCUT2D eigenvalue weighted by Crippen LogP contribution is 1.97. The average molecular weight is 255 g/mol. The zero-order chi connectivity index (χ0) is 12.3. The van der Waals surface area contributed by atoms with Crippen LogP contribution in [-0.4, -0.2) is 41.8 Å². The van der Waals surface area contributed by atoms with Gasteiger partial charge in [0, 0.05) is 19.8 Å². The van der Waals surface area contributed by atoms with E-state index in [1.54, 1.807) is 13.2 Å². The molecule has 0 amide bonds. The minimum atomic E-state index is 0.713. The van der Waals surface area contributed by atoms with E-state index in [1.807, 2.05) is 17.8 Å². The van der Waals surface area contributed by atoms with Gasteiger partial charge in [0.05, 0.1) is 12.2 Å². The van der Waals surface area contributed by atoms with Gasteiger partial charge in [0.1, 0.15) is 0 Å². The highest BCUT2D eigenvalue weighted by molar-refractivity contribution is 7.98. The smallest absolute Gasteiger partial charge is 0.191 e. The lowest BCUT2D eigenvalue weighted by Gasteiger charge is -2.10. The number of hydrogen-bond donors (Lipinski definition) is 3. The fourth-order valence-corrected chi connectivity index (χ4v) is 1.85. The molecule has 0 aliphatic carbocycles. The Hall–Kier alpha value is -1.17. The SMILES string of the molecule is CN=C(NCCCCSC)NCc1ccn[nH]1. The monoisotopic (exact) mass is 255 g/mol. The molecule has 0 spiro atoms. The summed E-state index contributed by atoms with van der Waals surface area (Å²) in [6.07, 6.45) is 6.30. The van der Waals surface area contributed by atoms with Gasteiger partial charge in [-0.05, 0) is 30.9 Å². The van der Waals surface area contributed by atoms with Crippen molar-refractivity contribution in [3.8, 4) is 0 Å². The Morgan fingerprint density at radius 1 is 1.47 bits per heavy atom. The van der Waals surface area contributed by atoms with E-state index in [1.165, 1.54) is 18.6 Å². The Balaban J connectivity index is 2.12. The van der Waals surface area contributed by atoms with E-state index < -0.39 is 0 Å². The summed E-state index contributed by atoms with van der Waals surface area (Å²) in [6, 6.07) is 1.94. The van der Waals surface area contributed by atoms with Crippen LogP contribution < -0.4 is 10.6 Å². The largest absolute Gasteiger partial charge is 0.356 e. The lowest BCUT2D eigenvalue weighted by Crippen LogP contribution is -2.37. The van der Waals surface area contributed by atoms with E-state index in [9.17, 15) is 0 Å². The van der Waals surface area contributed by atoms with Gasteiger partial charge in [-0.2, -0.15) is 16.9 Å². The predicted octanol–water partition coefficient (Wildman–Crippen LogP) is 1.22. The second-order valence-electron chi connectivity index (χ2n) is 3.63. The molecule has 1 aromatic heterocycles. The maximum Gasteiger partial charge on any atom is 0.191 e. The number of thioether (sulfide) groups is 1. The van der Waals surface area contributed by atoms with E-state index >= 15 is 0 Å². The van der Waals surface area contributed by atoms with E-state index in [2.05, 4.69) is 32.1 Å². The Labute approximate surface area is 107 Å². The molecule has 0 aliphatic rings. The minimum Gasteiger partial charge on any atom is -0.356 e. The molecule has 0 fully saturated rings. The molecule has 1 rings (SSSR count). The fraction of sp³-hybridized carbons (Fsp3) is 0.636. The third-order valence-corrected chi connectivity index (χ3v) is 2.99. The molecule has 0 aliphatic heterocycles. The number of aromatic nitrogens is 2. The normalized spacial score (nSPS) is 11.5. The number of nitrogens with zero attached hydrogens (tertiary/aromatic N) is 2. The van der Waals surface area contributed by atoms with Crippen LogP contribution in [0, 0.1) is 0 Å². The third kappa shape index (κ3) is 6.21. The summed E-state index contributed by atoms with van der Waals surface area (Å²) in [5.74, 6) is 2.06. The van der Waals surface area contributed by atoms with Gasteiger partial charge in [0.15, 0.2) is 5.96 Å². The second kappa shape index (κ2) is 8.92. The van der Waals surface area contributed by atoms with Crippen LogP contribution in [0.15, 0.2) is 17.3 Å². The van der Waals surface area contributed by atoms with Crippen LogP contribution in [0.5, 0.6) is 0 Å². The van der Waals surface area contributed by atoms with Crippen molar-refractivity contribution in [1.82, 2.24) is 20.8 Å². The topological polar surface area (TPSA) is 65.1 Å². The fourth-order valence-electron chi connectivity index (χ4n) is 1.36. The Morgan fingerprint density at radius 3 is 3.00 bits per heavy atom. The zero-order valence-electron chi connectivity index (χ0n) is 10.5. The molecule has 0 aromatic carbocycles. The predicted molar refractivity (Wildman–Crippen MR) is 74.4 cm³/mol. The van der Waals surface area contributed by atoms with Crippen molar-refractivity contribution in [3.63, 3.8) is 0 Å². The van der Waals surface area contributed by atoms with Crippen molar-refractivity contribution in [2.45, 2.75) is 19.4 Å². The van der Waals surface area contributed by atoms with Crippen LogP contribution in [0.1, 0.15) is 18.5 Å². The molecule has 0 bridgehead atoms. The van der Waals surface area contributed by atoms with E-state index in [0.29, 0.717) is 6.54 Å². The number of hydrogen-bond acceptors (Lipinski definition) is 3. The van der Waals surface area contributed by atoms with Gasteiger partial charge in [0.25, 0.3) is 0 Å². The number of H-pyrrole nitrogens is 1. The number of rotatable bonds is 7. The second-order valence-corrected chi connectivity index (χ2v) is 4.62. The maximum absolute atomic E-state index is 4.16. The van der Waals surface area contributed by atoms with E-state index in [4.69, 9.17) is 0 Å². The van der Waals surface area contributed by atoms with Crippen molar-refractivity contribution >= 4 is 17.7 Å². The first-order valence-electron chi connectivity index (χ1n) is 5.78. The van der Waals surface area contributed by atoms with Crippen LogP contribution in [0.3, 0.4) is 0 Å².